The van der Waals surface area contributed by atoms with Crippen LogP contribution in [-0.4, -0.2) is 10.8 Å². The van der Waals surface area contributed by atoms with Gasteiger partial charge in [-0.05, 0) is 52.9 Å². The van der Waals surface area contributed by atoms with E-state index in [9.17, 15) is 14.9 Å². The Kier molecular flexibility index (Phi) is 4.49. The molecular weight excluding hydrogens is 385 g/mol. The zero-order chi connectivity index (χ0) is 15.4. The van der Waals surface area contributed by atoms with E-state index in [0.29, 0.717) is 14.8 Å². The first-order valence-electron chi connectivity index (χ1n) is 5.76. The van der Waals surface area contributed by atoms with Gasteiger partial charge >= 0.3 is 0 Å². The van der Waals surface area contributed by atoms with Crippen LogP contribution in [0.1, 0.15) is 15.9 Å². The van der Waals surface area contributed by atoms with Crippen molar-refractivity contribution in [3.8, 4) is 6.07 Å². The van der Waals surface area contributed by atoms with Crippen LogP contribution in [0.15, 0.2) is 42.5 Å². The quantitative estimate of drug-likeness (QED) is 0.492. The average Bonchev–Trinajstić information content (AvgIpc) is 2.48. The number of carbonyl (C=O) groups is 1. The van der Waals surface area contributed by atoms with E-state index in [4.69, 9.17) is 5.26 Å². The predicted octanol–water partition coefficient (Wildman–Crippen LogP) is 3.32. The van der Waals surface area contributed by atoms with Gasteiger partial charge in [-0.2, -0.15) is 5.26 Å². The van der Waals surface area contributed by atoms with E-state index in [0.717, 1.165) is 0 Å². The maximum Gasteiger partial charge on any atom is 0.270 e. The Bertz CT molecular complexity index is 751. The van der Waals surface area contributed by atoms with Crippen molar-refractivity contribution in [2.75, 3.05) is 5.32 Å². The number of nitrogens with zero attached hydrogens (tertiary/aromatic N) is 2. The van der Waals surface area contributed by atoms with E-state index in [-0.39, 0.29) is 11.3 Å². The van der Waals surface area contributed by atoms with Crippen LogP contribution >= 0.6 is 22.6 Å². The topological polar surface area (TPSA) is 96.0 Å². The van der Waals surface area contributed by atoms with Crippen molar-refractivity contribution in [1.82, 2.24) is 0 Å². The molecule has 0 heterocycles. The van der Waals surface area contributed by atoms with Crippen molar-refractivity contribution in [3.63, 3.8) is 0 Å². The summed E-state index contributed by atoms with van der Waals surface area (Å²) in [5, 5.41) is 22.1. The normalized spacial score (nSPS) is 9.71. The van der Waals surface area contributed by atoms with E-state index in [1.54, 1.807) is 24.3 Å². The Morgan fingerprint density at radius 2 is 1.90 bits per heavy atom. The number of nitro benzene ring substituents is 1. The van der Waals surface area contributed by atoms with E-state index >= 15 is 0 Å². The van der Waals surface area contributed by atoms with E-state index in [1.165, 1.54) is 18.2 Å². The summed E-state index contributed by atoms with van der Waals surface area (Å²) in [6.07, 6.45) is 0. The summed E-state index contributed by atoms with van der Waals surface area (Å²) >= 11 is 1.94. The molecule has 104 valence electrons. The highest BCUT2D eigenvalue weighted by Crippen LogP contribution is 2.21. The van der Waals surface area contributed by atoms with E-state index < -0.39 is 10.8 Å². The molecule has 0 aliphatic rings. The number of hydrogen-bond donors (Lipinski definition) is 1. The molecule has 7 heteroatoms. The molecule has 1 N–H and O–H groups in total. The van der Waals surface area contributed by atoms with Gasteiger partial charge in [-0.25, -0.2) is 0 Å². The molecule has 0 unspecified atom stereocenters. The smallest absolute Gasteiger partial charge is 0.270 e. The molecule has 0 aromatic heterocycles. The molecule has 2 rings (SSSR count). The van der Waals surface area contributed by atoms with Gasteiger partial charge < -0.3 is 5.32 Å². The fourth-order valence-electron chi connectivity index (χ4n) is 1.63. The first kappa shape index (κ1) is 14.9. The first-order valence-corrected chi connectivity index (χ1v) is 6.84. The van der Waals surface area contributed by atoms with Crippen molar-refractivity contribution in [3.05, 3.63) is 67.3 Å². The van der Waals surface area contributed by atoms with Crippen molar-refractivity contribution in [1.29, 1.82) is 5.26 Å². The van der Waals surface area contributed by atoms with Crippen LogP contribution in [0, 0.1) is 25.0 Å². The third-order valence-corrected chi connectivity index (χ3v) is 3.62. The summed E-state index contributed by atoms with van der Waals surface area (Å²) in [7, 11) is 0. The molecule has 0 saturated carbocycles. The number of halogens is 1. The Hall–Kier alpha value is -2.47. The van der Waals surface area contributed by atoms with Crippen LogP contribution in [0.5, 0.6) is 0 Å². The molecule has 21 heavy (non-hydrogen) atoms. The van der Waals surface area contributed by atoms with Gasteiger partial charge in [0.15, 0.2) is 0 Å². The Balaban J connectivity index is 2.25. The molecule has 0 fully saturated rings. The van der Waals surface area contributed by atoms with Crippen molar-refractivity contribution >= 4 is 39.9 Å². The molecule has 0 radical (unpaired) electrons. The number of amides is 1. The largest absolute Gasteiger partial charge is 0.322 e. The van der Waals surface area contributed by atoms with Gasteiger partial charge in [0.2, 0.25) is 0 Å². The summed E-state index contributed by atoms with van der Waals surface area (Å²) in [4.78, 5) is 22.4. The maximum atomic E-state index is 12.2. The minimum atomic E-state index is -0.547. The lowest BCUT2D eigenvalue weighted by molar-refractivity contribution is -0.384. The number of nitrogens with one attached hydrogen (secondary N) is 1. The highest BCUT2D eigenvalue weighted by Gasteiger charge is 2.15. The Morgan fingerprint density at radius 3 is 2.48 bits per heavy atom. The van der Waals surface area contributed by atoms with Crippen LogP contribution in [0.4, 0.5) is 11.4 Å². The molecule has 0 bridgehead atoms. The first-order chi connectivity index (χ1) is 10.0. The molecule has 6 nitrogen and oxygen atoms in total. The standard InChI is InChI=1S/C14H8IN3O3/c15-13-6-5-11(18(20)21)7-12(13)14(19)17-10-3-1-9(8-16)2-4-10/h1-7H,(H,17,19). The van der Waals surface area contributed by atoms with E-state index in [2.05, 4.69) is 5.32 Å². The minimum Gasteiger partial charge on any atom is -0.322 e. The zero-order valence-corrected chi connectivity index (χ0v) is 12.7. The van der Waals surface area contributed by atoms with Gasteiger partial charge in [-0.3, -0.25) is 14.9 Å². The summed E-state index contributed by atoms with van der Waals surface area (Å²) < 4.78 is 0.615. The molecule has 0 aliphatic carbocycles. The SMILES string of the molecule is N#Cc1ccc(NC(=O)c2cc([N+](=O)[O-])ccc2I)cc1. The lowest BCUT2D eigenvalue weighted by atomic mass is 10.1. The van der Waals surface area contributed by atoms with Crippen molar-refractivity contribution < 1.29 is 9.72 Å². The van der Waals surface area contributed by atoms with Gasteiger partial charge in [0.1, 0.15) is 0 Å². The lowest BCUT2D eigenvalue weighted by Gasteiger charge is -2.07. The molecule has 2 aromatic carbocycles. The highest BCUT2D eigenvalue weighted by molar-refractivity contribution is 14.1. The van der Waals surface area contributed by atoms with Gasteiger partial charge in [0.05, 0.1) is 22.1 Å². The van der Waals surface area contributed by atoms with Crippen LogP contribution in [0.25, 0.3) is 0 Å². The molecule has 0 spiro atoms. The average molecular weight is 393 g/mol. The van der Waals surface area contributed by atoms with Crippen molar-refractivity contribution in [2.45, 2.75) is 0 Å². The summed E-state index contributed by atoms with van der Waals surface area (Å²) in [6.45, 7) is 0. The number of rotatable bonds is 3. The second-order valence-corrected chi connectivity index (χ2v) is 5.23. The van der Waals surface area contributed by atoms with E-state index in [1.807, 2.05) is 28.7 Å². The van der Waals surface area contributed by atoms with Gasteiger partial charge in [0, 0.05) is 21.4 Å². The number of benzene rings is 2. The number of anilines is 1. The number of nitriles is 1. The lowest BCUT2D eigenvalue weighted by Crippen LogP contribution is -2.13. The third kappa shape index (κ3) is 3.55. The summed E-state index contributed by atoms with van der Waals surface area (Å²) in [5.41, 5.74) is 1.09. The Labute approximate surface area is 133 Å². The molecule has 1 amide bonds. The van der Waals surface area contributed by atoms with Crippen LogP contribution < -0.4 is 5.32 Å². The number of nitro groups is 1. The molecule has 0 saturated heterocycles. The van der Waals surface area contributed by atoms with Crippen LogP contribution in [-0.2, 0) is 0 Å². The molecule has 0 aliphatic heterocycles. The molecular formula is C14H8IN3O3. The third-order valence-electron chi connectivity index (χ3n) is 2.68. The molecule has 2 aromatic rings. The second kappa shape index (κ2) is 6.32. The number of hydrogen-bond acceptors (Lipinski definition) is 4. The maximum absolute atomic E-state index is 12.2. The monoisotopic (exact) mass is 393 g/mol. The number of non-ortho nitro benzene ring substituents is 1. The van der Waals surface area contributed by atoms with Crippen LogP contribution in [0.3, 0.4) is 0 Å². The highest BCUT2D eigenvalue weighted by atomic mass is 127. The van der Waals surface area contributed by atoms with Gasteiger partial charge in [-0.15, -0.1) is 0 Å². The molecule has 0 atom stereocenters. The fourth-order valence-corrected chi connectivity index (χ4v) is 2.21. The minimum absolute atomic E-state index is 0.139. The summed E-state index contributed by atoms with van der Waals surface area (Å²) in [5.74, 6) is -0.437. The van der Waals surface area contributed by atoms with Crippen molar-refractivity contribution in [2.24, 2.45) is 0 Å². The van der Waals surface area contributed by atoms with Crippen LogP contribution in [0.2, 0.25) is 0 Å². The fraction of sp³-hybridized carbons (Fsp3) is 0. The summed E-state index contributed by atoms with van der Waals surface area (Å²) in [6, 6.07) is 12.4. The zero-order valence-electron chi connectivity index (χ0n) is 10.5. The second-order valence-electron chi connectivity index (χ2n) is 4.06. The predicted molar refractivity (Wildman–Crippen MR) is 84.9 cm³/mol. The van der Waals surface area contributed by atoms with Gasteiger partial charge in [-0.1, -0.05) is 0 Å². The number of carbonyl (C=O) groups excluding carboxylic acids is 1. The Morgan fingerprint density at radius 1 is 1.24 bits per heavy atom. The van der Waals surface area contributed by atoms with Gasteiger partial charge in [0.25, 0.3) is 11.6 Å².